The average Bonchev–Trinajstić information content (AvgIpc) is 1.98. The van der Waals surface area contributed by atoms with E-state index in [1.54, 1.807) is 6.92 Å². The van der Waals surface area contributed by atoms with Gasteiger partial charge in [-0.1, -0.05) is 0 Å². The molecule has 0 aromatic heterocycles. The SMILES string of the molecule is CCOC(=O)CCC(Cl)CC(F)(F)Cl. The molecule has 0 aromatic rings. The van der Waals surface area contributed by atoms with Gasteiger partial charge >= 0.3 is 11.4 Å². The van der Waals surface area contributed by atoms with Gasteiger partial charge in [-0.2, -0.15) is 8.78 Å². The van der Waals surface area contributed by atoms with Crippen molar-refractivity contribution in [2.75, 3.05) is 6.61 Å². The highest BCUT2D eigenvalue weighted by Gasteiger charge is 2.28. The van der Waals surface area contributed by atoms with E-state index in [9.17, 15) is 13.6 Å². The largest absolute Gasteiger partial charge is 0.466 e. The van der Waals surface area contributed by atoms with Crippen LogP contribution in [0.2, 0.25) is 0 Å². The van der Waals surface area contributed by atoms with E-state index in [0.29, 0.717) is 0 Å². The number of hydrogen-bond donors (Lipinski definition) is 0. The maximum absolute atomic E-state index is 12.2. The molecule has 0 rings (SSSR count). The Bertz CT molecular complexity index is 183. The minimum atomic E-state index is -3.30. The number of rotatable bonds is 6. The van der Waals surface area contributed by atoms with Gasteiger partial charge in [-0.15, -0.1) is 11.6 Å². The predicted molar refractivity (Wildman–Crippen MR) is 50.9 cm³/mol. The second-order valence-corrected chi connectivity index (χ2v) is 3.93. The van der Waals surface area contributed by atoms with Gasteiger partial charge in [-0.25, -0.2) is 0 Å². The monoisotopic (exact) mass is 248 g/mol. The fourth-order valence-corrected chi connectivity index (χ4v) is 1.43. The van der Waals surface area contributed by atoms with E-state index < -0.39 is 23.1 Å². The van der Waals surface area contributed by atoms with Crippen LogP contribution in [0.1, 0.15) is 26.2 Å². The van der Waals surface area contributed by atoms with Crippen molar-refractivity contribution in [3.63, 3.8) is 0 Å². The molecule has 0 bridgehead atoms. The molecule has 0 aliphatic rings. The summed E-state index contributed by atoms with van der Waals surface area (Å²) in [5.74, 6) is -0.434. The molecule has 0 fully saturated rings. The van der Waals surface area contributed by atoms with Crippen LogP contribution < -0.4 is 0 Å². The molecule has 14 heavy (non-hydrogen) atoms. The van der Waals surface area contributed by atoms with Crippen LogP contribution in [0.4, 0.5) is 8.78 Å². The van der Waals surface area contributed by atoms with Gasteiger partial charge in [0, 0.05) is 18.2 Å². The lowest BCUT2D eigenvalue weighted by atomic mass is 10.2. The van der Waals surface area contributed by atoms with Crippen LogP contribution >= 0.6 is 23.2 Å². The summed E-state index contributed by atoms with van der Waals surface area (Å²) in [6.07, 6.45) is -0.465. The van der Waals surface area contributed by atoms with Crippen molar-refractivity contribution in [2.45, 2.75) is 36.9 Å². The molecule has 0 saturated carbocycles. The Balaban J connectivity index is 3.63. The van der Waals surface area contributed by atoms with Gasteiger partial charge in [0.15, 0.2) is 0 Å². The van der Waals surface area contributed by atoms with Gasteiger partial charge in [-0.05, 0) is 24.9 Å². The Morgan fingerprint density at radius 1 is 1.57 bits per heavy atom. The summed E-state index contributed by atoms with van der Waals surface area (Å²) in [5, 5.41) is -4.12. The van der Waals surface area contributed by atoms with Crippen LogP contribution in [0, 0.1) is 0 Å². The van der Waals surface area contributed by atoms with E-state index in [1.165, 1.54) is 0 Å². The molecule has 1 unspecified atom stereocenters. The molecule has 0 saturated heterocycles. The van der Waals surface area contributed by atoms with Crippen LogP contribution in [0.5, 0.6) is 0 Å². The molecule has 84 valence electrons. The number of alkyl halides is 4. The molecule has 0 amide bonds. The van der Waals surface area contributed by atoms with Gasteiger partial charge in [0.25, 0.3) is 0 Å². The minimum Gasteiger partial charge on any atom is -0.466 e. The summed E-state index contributed by atoms with van der Waals surface area (Å²) < 4.78 is 29.0. The standard InChI is InChI=1S/C8H12Cl2F2O2/c1-2-14-7(13)4-3-6(9)5-8(10,11)12/h6H,2-5H2,1H3. The molecule has 1 atom stereocenters. The summed E-state index contributed by atoms with van der Waals surface area (Å²) in [7, 11) is 0. The topological polar surface area (TPSA) is 26.3 Å². The molecular weight excluding hydrogens is 237 g/mol. The summed E-state index contributed by atoms with van der Waals surface area (Å²) in [6.45, 7) is 1.94. The van der Waals surface area contributed by atoms with Crippen molar-refractivity contribution < 1.29 is 18.3 Å². The Morgan fingerprint density at radius 2 is 2.14 bits per heavy atom. The van der Waals surface area contributed by atoms with E-state index in [2.05, 4.69) is 16.3 Å². The maximum atomic E-state index is 12.2. The molecule has 0 spiro atoms. The first kappa shape index (κ1) is 13.9. The predicted octanol–water partition coefficient (Wildman–Crippen LogP) is 3.16. The van der Waals surface area contributed by atoms with E-state index in [0.717, 1.165) is 0 Å². The molecule has 2 nitrogen and oxygen atoms in total. The van der Waals surface area contributed by atoms with Crippen molar-refractivity contribution in [1.29, 1.82) is 0 Å². The molecule has 0 heterocycles. The van der Waals surface area contributed by atoms with Crippen molar-refractivity contribution in [1.82, 2.24) is 0 Å². The number of esters is 1. The Labute approximate surface area is 91.5 Å². The lowest BCUT2D eigenvalue weighted by Crippen LogP contribution is -2.15. The third kappa shape index (κ3) is 8.51. The number of halogens is 4. The highest BCUT2D eigenvalue weighted by atomic mass is 35.5. The van der Waals surface area contributed by atoms with Crippen molar-refractivity contribution in [3.05, 3.63) is 0 Å². The van der Waals surface area contributed by atoms with Crippen molar-refractivity contribution in [3.8, 4) is 0 Å². The normalized spacial score (nSPS) is 13.8. The van der Waals surface area contributed by atoms with E-state index in [1.807, 2.05) is 0 Å². The number of carbonyl (C=O) groups excluding carboxylic acids is 1. The first-order chi connectivity index (χ1) is 6.35. The second-order valence-electron chi connectivity index (χ2n) is 2.76. The summed E-state index contributed by atoms with van der Waals surface area (Å²) in [6, 6.07) is 0. The summed E-state index contributed by atoms with van der Waals surface area (Å²) in [4.78, 5) is 10.8. The van der Waals surface area contributed by atoms with Gasteiger partial charge in [-0.3, -0.25) is 4.79 Å². The molecule has 0 aliphatic carbocycles. The van der Waals surface area contributed by atoms with Crippen molar-refractivity contribution in [2.24, 2.45) is 0 Å². The molecule has 0 N–H and O–H groups in total. The summed E-state index contributed by atoms with van der Waals surface area (Å²) >= 11 is 10.2. The summed E-state index contributed by atoms with van der Waals surface area (Å²) in [5.41, 5.74) is 0. The number of carbonyl (C=O) groups is 1. The van der Waals surface area contributed by atoms with E-state index in [-0.39, 0.29) is 19.4 Å². The lowest BCUT2D eigenvalue weighted by Gasteiger charge is -2.12. The fourth-order valence-electron chi connectivity index (χ4n) is 0.861. The first-order valence-electron chi connectivity index (χ1n) is 4.21. The third-order valence-electron chi connectivity index (χ3n) is 1.42. The quantitative estimate of drug-likeness (QED) is 0.533. The van der Waals surface area contributed by atoms with Crippen LogP contribution in [-0.2, 0) is 9.53 Å². The Morgan fingerprint density at radius 3 is 2.57 bits per heavy atom. The van der Waals surface area contributed by atoms with Gasteiger partial charge in [0.05, 0.1) is 6.61 Å². The number of ether oxygens (including phenoxy) is 1. The molecular formula is C8H12Cl2F2O2. The zero-order chi connectivity index (χ0) is 11.2. The Hall–Kier alpha value is -0.0900. The van der Waals surface area contributed by atoms with Gasteiger partial charge < -0.3 is 4.74 Å². The smallest absolute Gasteiger partial charge is 0.323 e. The van der Waals surface area contributed by atoms with E-state index in [4.69, 9.17) is 11.6 Å². The maximum Gasteiger partial charge on any atom is 0.323 e. The van der Waals surface area contributed by atoms with Crippen LogP contribution in [0.15, 0.2) is 0 Å². The third-order valence-corrected chi connectivity index (χ3v) is 1.95. The lowest BCUT2D eigenvalue weighted by molar-refractivity contribution is -0.143. The fraction of sp³-hybridized carbons (Fsp3) is 0.875. The zero-order valence-corrected chi connectivity index (χ0v) is 9.25. The van der Waals surface area contributed by atoms with Crippen LogP contribution in [0.25, 0.3) is 0 Å². The zero-order valence-electron chi connectivity index (χ0n) is 7.73. The van der Waals surface area contributed by atoms with Gasteiger partial charge in [0.1, 0.15) is 0 Å². The molecule has 6 heteroatoms. The average molecular weight is 249 g/mol. The van der Waals surface area contributed by atoms with Crippen LogP contribution in [0.3, 0.4) is 0 Å². The molecule has 0 radical (unpaired) electrons. The molecule has 0 aromatic carbocycles. The minimum absolute atomic E-state index is 0.0367. The second kappa shape index (κ2) is 6.40. The highest BCUT2D eigenvalue weighted by Crippen LogP contribution is 2.28. The van der Waals surface area contributed by atoms with E-state index >= 15 is 0 Å². The number of hydrogen-bond acceptors (Lipinski definition) is 2. The Kier molecular flexibility index (Phi) is 6.36. The van der Waals surface area contributed by atoms with Crippen molar-refractivity contribution >= 4 is 29.2 Å². The van der Waals surface area contributed by atoms with Crippen LogP contribution in [-0.4, -0.2) is 23.3 Å². The van der Waals surface area contributed by atoms with Gasteiger partial charge in [0.2, 0.25) is 0 Å². The molecule has 0 aliphatic heterocycles. The highest BCUT2D eigenvalue weighted by molar-refractivity contribution is 6.24. The first-order valence-corrected chi connectivity index (χ1v) is 5.03.